The third-order valence-corrected chi connectivity index (χ3v) is 4.97. The number of aromatic hydroxyl groups is 1. The van der Waals surface area contributed by atoms with Crippen molar-refractivity contribution in [1.29, 1.82) is 0 Å². The van der Waals surface area contributed by atoms with Crippen LogP contribution in [0.15, 0.2) is 12.1 Å². The third-order valence-electron chi connectivity index (χ3n) is 4.15. The van der Waals surface area contributed by atoms with Crippen molar-refractivity contribution in [3.05, 3.63) is 27.7 Å². The molecular formula is C14H17Cl2N3O2. The Balaban J connectivity index is 1.78. The molecule has 2 atom stereocenters. The van der Waals surface area contributed by atoms with E-state index in [0.717, 1.165) is 19.5 Å². The number of carbonyl (C=O) groups is 1. The van der Waals surface area contributed by atoms with Crippen LogP contribution in [0, 0.1) is 0 Å². The normalized spacial score (nSPS) is 26.0. The van der Waals surface area contributed by atoms with Crippen LogP contribution in [0.2, 0.25) is 10.0 Å². The minimum Gasteiger partial charge on any atom is -0.508 e. The predicted octanol–water partition coefficient (Wildman–Crippen LogP) is 2.52. The molecule has 7 heteroatoms. The summed E-state index contributed by atoms with van der Waals surface area (Å²) in [5.41, 5.74) is 0.502. The Morgan fingerprint density at radius 3 is 2.76 bits per heavy atom. The zero-order chi connectivity index (χ0) is 15.0. The van der Waals surface area contributed by atoms with Crippen LogP contribution in [0.1, 0.15) is 24.4 Å². The molecule has 5 nitrogen and oxygen atoms in total. The maximum absolute atomic E-state index is 12.3. The maximum Gasteiger partial charge on any atom is 0.318 e. The molecule has 0 aromatic heterocycles. The molecule has 0 spiro atoms. The van der Waals surface area contributed by atoms with Gasteiger partial charge in [-0.25, -0.2) is 4.79 Å². The van der Waals surface area contributed by atoms with E-state index in [-0.39, 0.29) is 23.9 Å². The molecule has 1 aromatic rings. The zero-order valence-corrected chi connectivity index (χ0v) is 12.9. The van der Waals surface area contributed by atoms with Gasteiger partial charge in [0.25, 0.3) is 0 Å². The molecule has 114 valence electrons. The highest BCUT2D eigenvalue weighted by molar-refractivity contribution is 6.42. The van der Waals surface area contributed by atoms with Gasteiger partial charge in [0.15, 0.2) is 0 Å². The van der Waals surface area contributed by atoms with Crippen LogP contribution < -0.4 is 10.6 Å². The highest BCUT2D eigenvalue weighted by Gasteiger charge is 2.34. The van der Waals surface area contributed by atoms with E-state index in [1.54, 1.807) is 6.07 Å². The number of hydrogen-bond donors (Lipinski definition) is 3. The molecule has 1 aromatic carbocycles. The van der Waals surface area contributed by atoms with Gasteiger partial charge in [-0.1, -0.05) is 23.2 Å². The van der Waals surface area contributed by atoms with Crippen LogP contribution in [-0.2, 0) is 0 Å². The molecule has 0 unspecified atom stereocenters. The second-order valence-electron chi connectivity index (χ2n) is 5.42. The summed E-state index contributed by atoms with van der Waals surface area (Å²) in [4.78, 5) is 14.2. The van der Waals surface area contributed by atoms with Gasteiger partial charge in [-0.05, 0) is 31.5 Å². The first-order chi connectivity index (χ1) is 10.1. The number of amides is 2. The van der Waals surface area contributed by atoms with Crippen molar-refractivity contribution < 1.29 is 9.90 Å². The van der Waals surface area contributed by atoms with E-state index in [1.807, 2.05) is 4.90 Å². The minimum atomic E-state index is -0.311. The van der Waals surface area contributed by atoms with E-state index in [2.05, 4.69) is 10.6 Å². The minimum absolute atomic E-state index is 0.0608. The number of halogens is 2. The first-order valence-corrected chi connectivity index (χ1v) is 7.78. The van der Waals surface area contributed by atoms with E-state index in [4.69, 9.17) is 23.2 Å². The Labute approximate surface area is 133 Å². The summed E-state index contributed by atoms with van der Waals surface area (Å²) in [6.45, 7) is 2.42. The van der Waals surface area contributed by atoms with Crippen LogP contribution in [0.3, 0.4) is 0 Å². The number of rotatable bonds is 2. The highest BCUT2D eigenvalue weighted by atomic mass is 35.5. The number of benzene rings is 1. The average molecular weight is 330 g/mol. The Hall–Kier alpha value is -1.17. The number of nitrogens with one attached hydrogen (secondary N) is 2. The molecule has 2 saturated heterocycles. The van der Waals surface area contributed by atoms with Gasteiger partial charge in [0.05, 0.1) is 16.1 Å². The first-order valence-electron chi connectivity index (χ1n) is 7.02. The van der Waals surface area contributed by atoms with E-state index in [0.29, 0.717) is 28.6 Å². The summed E-state index contributed by atoms with van der Waals surface area (Å²) in [6.07, 6.45) is 1.66. The van der Waals surface area contributed by atoms with Crippen LogP contribution in [-0.4, -0.2) is 41.7 Å². The van der Waals surface area contributed by atoms with E-state index in [9.17, 15) is 9.90 Å². The van der Waals surface area contributed by atoms with Gasteiger partial charge in [-0.2, -0.15) is 0 Å². The molecule has 3 N–H and O–H groups in total. The van der Waals surface area contributed by atoms with Crippen molar-refractivity contribution in [2.75, 3.05) is 19.6 Å². The fraction of sp³-hybridized carbons (Fsp3) is 0.500. The molecule has 3 rings (SSSR count). The fourth-order valence-corrected chi connectivity index (χ4v) is 3.49. The van der Waals surface area contributed by atoms with E-state index < -0.39 is 0 Å². The smallest absolute Gasteiger partial charge is 0.318 e. The summed E-state index contributed by atoms with van der Waals surface area (Å²) in [7, 11) is 0. The van der Waals surface area contributed by atoms with Crippen LogP contribution in [0.4, 0.5) is 4.79 Å². The predicted molar refractivity (Wildman–Crippen MR) is 82.0 cm³/mol. The molecular weight excluding hydrogens is 313 g/mol. The lowest BCUT2D eigenvalue weighted by atomic mass is 10.00. The van der Waals surface area contributed by atoms with E-state index in [1.165, 1.54) is 6.07 Å². The van der Waals surface area contributed by atoms with Crippen molar-refractivity contribution in [3.8, 4) is 5.75 Å². The Kier molecular flexibility index (Phi) is 4.15. The van der Waals surface area contributed by atoms with Crippen molar-refractivity contribution in [3.63, 3.8) is 0 Å². The molecule has 2 heterocycles. The Morgan fingerprint density at radius 2 is 2.10 bits per heavy atom. The molecule has 2 fully saturated rings. The standard InChI is InChI=1S/C14H17Cl2N3O2/c15-9-1-2-11(20)12(13(9)16)10-4-6-19(14(21)18-10)8-3-5-17-7-8/h1-2,8,10,17,20H,3-7H2,(H,18,21)/t8-,10-/m1/s1. The van der Waals surface area contributed by atoms with Crippen LogP contribution in [0.25, 0.3) is 0 Å². The van der Waals surface area contributed by atoms with Crippen LogP contribution in [0.5, 0.6) is 5.75 Å². The lowest BCUT2D eigenvalue weighted by Gasteiger charge is -2.37. The largest absolute Gasteiger partial charge is 0.508 e. The zero-order valence-electron chi connectivity index (χ0n) is 11.4. The van der Waals surface area contributed by atoms with Gasteiger partial charge < -0.3 is 20.6 Å². The monoisotopic (exact) mass is 329 g/mol. The maximum atomic E-state index is 12.3. The molecule has 2 amide bonds. The molecule has 0 aliphatic carbocycles. The lowest BCUT2D eigenvalue weighted by molar-refractivity contribution is 0.153. The summed E-state index contributed by atoms with van der Waals surface area (Å²) in [5, 5.41) is 16.9. The number of phenolic OH excluding ortho intramolecular Hbond substituents is 1. The first kappa shape index (κ1) is 14.8. The van der Waals surface area contributed by atoms with Crippen LogP contribution >= 0.6 is 23.2 Å². The van der Waals surface area contributed by atoms with Gasteiger partial charge in [-0.15, -0.1) is 0 Å². The summed E-state index contributed by atoms with van der Waals surface area (Å²) < 4.78 is 0. The topological polar surface area (TPSA) is 64.6 Å². The number of carbonyl (C=O) groups excluding carboxylic acids is 1. The van der Waals surface area contributed by atoms with Gasteiger partial charge in [0, 0.05) is 24.7 Å². The second kappa shape index (κ2) is 5.91. The Morgan fingerprint density at radius 1 is 1.29 bits per heavy atom. The van der Waals surface area contributed by atoms with Gasteiger partial charge >= 0.3 is 6.03 Å². The lowest BCUT2D eigenvalue weighted by Crippen LogP contribution is -2.52. The van der Waals surface area contributed by atoms with Gasteiger partial charge in [0.1, 0.15) is 5.75 Å². The molecule has 0 radical (unpaired) electrons. The molecule has 2 aliphatic rings. The number of urea groups is 1. The second-order valence-corrected chi connectivity index (χ2v) is 6.21. The SMILES string of the molecule is O=C1N[C@@H](c2c(O)ccc(Cl)c2Cl)CCN1[C@@H]1CCNC1. The number of phenols is 1. The molecule has 0 saturated carbocycles. The third kappa shape index (κ3) is 2.78. The molecule has 0 bridgehead atoms. The van der Waals surface area contributed by atoms with Crippen molar-refractivity contribution in [2.45, 2.75) is 24.9 Å². The fourth-order valence-electron chi connectivity index (χ4n) is 3.03. The van der Waals surface area contributed by atoms with Crippen molar-refractivity contribution in [2.24, 2.45) is 0 Å². The summed E-state index contributed by atoms with van der Waals surface area (Å²) in [5.74, 6) is 0.0608. The molecule has 2 aliphatic heterocycles. The summed E-state index contributed by atoms with van der Waals surface area (Å²) >= 11 is 12.2. The van der Waals surface area contributed by atoms with Crippen molar-refractivity contribution in [1.82, 2.24) is 15.5 Å². The Bertz CT molecular complexity index is 561. The summed E-state index contributed by atoms with van der Waals surface area (Å²) in [6, 6.07) is 2.87. The number of hydrogen-bond acceptors (Lipinski definition) is 3. The van der Waals surface area contributed by atoms with Crippen molar-refractivity contribution >= 4 is 29.2 Å². The molecule has 21 heavy (non-hydrogen) atoms. The van der Waals surface area contributed by atoms with Gasteiger partial charge in [-0.3, -0.25) is 0 Å². The average Bonchev–Trinajstić information content (AvgIpc) is 2.97. The number of nitrogens with zero attached hydrogens (tertiary/aromatic N) is 1. The highest BCUT2D eigenvalue weighted by Crippen LogP contribution is 2.39. The quantitative estimate of drug-likeness (QED) is 0.781. The van der Waals surface area contributed by atoms with E-state index >= 15 is 0 Å². The van der Waals surface area contributed by atoms with Gasteiger partial charge in [0.2, 0.25) is 0 Å².